The molecule has 1 rings (SSSR count). The van der Waals surface area contributed by atoms with Crippen molar-refractivity contribution in [1.29, 1.82) is 0 Å². The lowest BCUT2D eigenvalue weighted by Crippen LogP contribution is -2.32. The molecule has 0 bridgehead atoms. The van der Waals surface area contributed by atoms with Gasteiger partial charge in [0.05, 0.1) is 17.0 Å². The Bertz CT molecular complexity index is 603. The molecule has 0 aromatic heterocycles. The summed E-state index contributed by atoms with van der Waals surface area (Å²) < 4.78 is 36.3. The first-order chi connectivity index (χ1) is 9.80. The van der Waals surface area contributed by atoms with Gasteiger partial charge in [-0.15, -0.1) is 0 Å². The van der Waals surface area contributed by atoms with Crippen molar-refractivity contribution in [1.82, 2.24) is 4.72 Å². The summed E-state index contributed by atoms with van der Waals surface area (Å²) in [6.45, 7) is 3.35. The minimum Gasteiger partial charge on any atom is -0.480 e. The van der Waals surface area contributed by atoms with Crippen LogP contribution in [0, 0.1) is 0 Å². The summed E-state index contributed by atoms with van der Waals surface area (Å²) >= 11 is 5.96. The molecule has 0 fully saturated rings. The Labute approximate surface area is 129 Å². The van der Waals surface area contributed by atoms with Crippen LogP contribution in [-0.4, -0.2) is 34.1 Å². The van der Waals surface area contributed by atoms with Crippen LogP contribution in [0.1, 0.15) is 20.3 Å². The number of rotatable bonds is 7. The first-order valence-electron chi connectivity index (χ1n) is 6.31. The molecule has 0 spiro atoms. The molecule has 21 heavy (non-hydrogen) atoms. The molecule has 6 nitrogen and oxygen atoms in total. The van der Waals surface area contributed by atoms with Gasteiger partial charge >= 0.3 is 5.97 Å². The quantitative estimate of drug-likeness (QED) is 0.770. The first-order valence-corrected chi connectivity index (χ1v) is 8.17. The third kappa shape index (κ3) is 5.18. The molecule has 0 amide bonds. The van der Waals surface area contributed by atoms with Crippen molar-refractivity contribution in [3.05, 3.63) is 23.2 Å². The normalized spacial score (nSPS) is 12.8. The molecule has 0 aliphatic carbocycles. The van der Waals surface area contributed by atoms with E-state index < -0.39 is 16.0 Å². The van der Waals surface area contributed by atoms with Crippen molar-refractivity contribution in [3.63, 3.8) is 0 Å². The molecule has 1 aromatic carbocycles. The van der Waals surface area contributed by atoms with Gasteiger partial charge in [0, 0.05) is 6.04 Å². The fraction of sp³-hybridized carbons (Fsp3) is 0.462. The lowest BCUT2D eigenvalue weighted by Gasteiger charge is -2.13. The van der Waals surface area contributed by atoms with Gasteiger partial charge in [0.15, 0.2) is 6.61 Å². The van der Waals surface area contributed by atoms with Gasteiger partial charge < -0.3 is 9.47 Å². The second kappa shape index (κ2) is 7.63. The Kier molecular flexibility index (Phi) is 6.44. The van der Waals surface area contributed by atoms with E-state index in [1.54, 1.807) is 6.92 Å². The fourth-order valence-corrected chi connectivity index (χ4v) is 3.03. The minimum absolute atomic E-state index is 0.0400. The molecule has 0 saturated heterocycles. The number of hydrogen-bond donors (Lipinski definition) is 1. The molecular weight excluding hydrogens is 318 g/mol. The molecule has 1 atom stereocenters. The number of nitrogens with one attached hydrogen (secondary N) is 1. The topological polar surface area (TPSA) is 81.7 Å². The molecular formula is C13H18ClNO5S. The highest BCUT2D eigenvalue weighted by molar-refractivity contribution is 7.89. The van der Waals surface area contributed by atoms with E-state index in [4.69, 9.17) is 16.3 Å². The van der Waals surface area contributed by atoms with Crippen LogP contribution in [0.3, 0.4) is 0 Å². The molecule has 1 aromatic rings. The zero-order valence-electron chi connectivity index (χ0n) is 12.1. The summed E-state index contributed by atoms with van der Waals surface area (Å²) in [7, 11) is -2.39. The SMILES string of the molecule is CC[C@@H](C)NS(=O)(=O)c1ccc(OCC(=O)OC)c(Cl)c1. The largest absolute Gasteiger partial charge is 0.480 e. The van der Waals surface area contributed by atoms with E-state index in [1.165, 1.54) is 25.3 Å². The van der Waals surface area contributed by atoms with Gasteiger partial charge in [-0.25, -0.2) is 17.9 Å². The Morgan fingerprint density at radius 2 is 2.10 bits per heavy atom. The predicted octanol–water partition coefficient (Wildman–Crippen LogP) is 1.97. The Morgan fingerprint density at radius 1 is 1.43 bits per heavy atom. The van der Waals surface area contributed by atoms with Gasteiger partial charge in [-0.2, -0.15) is 0 Å². The second-order valence-corrected chi connectivity index (χ2v) is 6.51. The van der Waals surface area contributed by atoms with E-state index >= 15 is 0 Å². The molecule has 1 N–H and O–H groups in total. The molecule has 0 radical (unpaired) electrons. The summed E-state index contributed by atoms with van der Waals surface area (Å²) in [4.78, 5) is 11.0. The van der Waals surface area contributed by atoms with Crippen LogP contribution < -0.4 is 9.46 Å². The van der Waals surface area contributed by atoms with Crippen LogP contribution in [-0.2, 0) is 19.6 Å². The van der Waals surface area contributed by atoms with Gasteiger partial charge in [0.2, 0.25) is 10.0 Å². The van der Waals surface area contributed by atoms with E-state index in [9.17, 15) is 13.2 Å². The van der Waals surface area contributed by atoms with E-state index in [0.717, 1.165) is 0 Å². The molecule has 0 saturated carbocycles. The van der Waals surface area contributed by atoms with Gasteiger partial charge in [-0.3, -0.25) is 0 Å². The van der Waals surface area contributed by atoms with E-state index in [-0.39, 0.29) is 28.3 Å². The average Bonchev–Trinajstić information content (AvgIpc) is 2.44. The molecule has 0 aliphatic rings. The minimum atomic E-state index is -3.63. The number of hydrogen-bond acceptors (Lipinski definition) is 5. The second-order valence-electron chi connectivity index (χ2n) is 4.39. The fourth-order valence-electron chi connectivity index (χ4n) is 1.38. The Morgan fingerprint density at radius 3 is 2.62 bits per heavy atom. The van der Waals surface area contributed by atoms with Crippen LogP contribution in [0.25, 0.3) is 0 Å². The lowest BCUT2D eigenvalue weighted by molar-refractivity contribution is -0.142. The summed E-state index contributed by atoms with van der Waals surface area (Å²) in [5, 5.41) is 0.103. The molecule has 0 heterocycles. The molecule has 8 heteroatoms. The summed E-state index contributed by atoms with van der Waals surface area (Å²) in [6, 6.07) is 3.86. The highest BCUT2D eigenvalue weighted by Gasteiger charge is 2.18. The van der Waals surface area contributed by atoms with E-state index in [1.807, 2.05) is 6.92 Å². The molecule has 0 aliphatic heterocycles. The number of ether oxygens (including phenoxy) is 2. The number of carbonyl (C=O) groups is 1. The van der Waals surface area contributed by atoms with Gasteiger partial charge in [0.1, 0.15) is 5.75 Å². The number of methoxy groups -OCH3 is 1. The van der Waals surface area contributed by atoms with Crippen molar-refractivity contribution in [3.8, 4) is 5.75 Å². The maximum atomic E-state index is 12.1. The van der Waals surface area contributed by atoms with E-state index in [2.05, 4.69) is 9.46 Å². The van der Waals surface area contributed by atoms with Crippen molar-refractivity contribution in [2.45, 2.75) is 31.2 Å². The third-order valence-electron chi connectivity index (χ3n) is 2.76. The third-order valence-corrected chi connectivity index (χ3v) is 4.64. The zero-order chi connectivity index (χ0) is 16.0. The summed E-state index contributed by atoms with van der Waals surface area (Å²) in [5.74, 6) is -0.342. The van der Waals surface area contributed by atoms with Crippen LogP contribution in [0.4, 0.5) is 0 Å². The van der Waals surface area contributed by atoms with Crippen LogP contribution in [0.5, 0.6) is 5.75 Å². The number of benzene rings is 1. The standard InChI is InChI=1S/C13H18ClNO5S/c1-4-9(2)15-21(17,18)10-5-6-12(11(14)7-10)20-8-13(16)19-3/h5-7,9,15H,4,8H2,1-3H3/t9-/m1/s1. The first kappa shape index (κ1) is 17.7. The van der Waals surface area contributed by atoms with Crippen molar-refractivity contribution < 1.29 is 22.7 Å². The van der Waals surface area contributed by atoms with Crippen molar-refractivity contribution in [2.24, 2.45) is 0 Å². The van der Waals surface area contributed by atoms with Gasteiger partial charge in [-0.1, -0.05) is 18.5 Å². The number of halogens is 1. The predicted molar refractivity (Wildman–Crippen MR) is 79.0 cm³/mol. The van der Waals surface area contributed by atoms with E-state index in [0.29, 0.717) is 6.42 Å². The lowest BCUT2D eigenvalue weighted by atomic mass is 10.3. The Hall–Kier alpha value is -1.31. The Balaban J connectivity index is 2.89. The van der Waals surface area contributed by atoms with Crippen molar-refractivity contribution in [2.75, 3.05) is 13.7 Å². The summed E-state index contributed by atoms with van der Waals surface area (Å²) in [5.41, 5.74) is 0. The monoisotopic (exact) mass is 335 g/mol. The highest BCUT2D eigenvalue weighted by atomic mass is 35.5. The van der Waals surface area contributed by atoms with Crippen LogP contribution in [0.15, 0.2) is 23.1 Å². The number of esters is 1. The maximum absolute atomic E-state index is 12.1. The summed E-state index contributed by atoms with van der Waals surface area (Å²) in [6.07, 6.45) is 0.674. The van der Waals surface area contributed by atoms with Crippen molar-refractivity contribution >= 4 is 27.6 Å². The molecule has 118 valence electrons. The van der Waals surface area contributed by atoms with Crippen LogP contribution >= 0.6 is 11.6 Å². The maximum Gasteiger partial charge on any atom is 0.343 e. The zero-order valence-corrected chi connectivity index (χ0v) is 13.6. The number of carbonyl (C=O) groups excluding carboxylic acids is 1. The van der Waals surface area contributed by atoms with Crippen LogP contribution in [0.2, 0.25) is 5.02 Å². The smallest absolute Gasteiger partial charge is 0.343 e. The average molecular weight is 336 g/mol. The molecule has 0 unspecified atom stereocenters. The highest BCUT2D eigenvalue weighted by Crippen LogP contribution is 2.27. The number of sulfonamides is 1. The van der Waals surface area contributed by atoms with Gasteiger partial charge in [-0.05, 0) is 31.5 Å². The van der Waals surface area contributed by atoms with Gasteiger partial charge in [0.25, 0.3) is 0 Å².